The van der Waals surface area contributed by atoms with Crippen molar-refractivity contribution in [2.24, 2.45) is 28.6 Å². The van der Waals surface area contributed by atoms with Gasteiger partial charge in [-0.3, -0.25) is 14.4 Å². The number of aryl methyl sites for hydroxylation is 3. The Balaban J connectivity index is 0.824. The predicted molar refractivity (Wildman–Crippen MR) is 214 cm³/mol. The number of carbonyl (C=O) groups is 5. The van der Waals surface area contributed by atoms with Crippen molar-refractivity contribution in [2.75, 3.05) is 19.8 Å². The molecule has 13 nitrogen and oxygen atoms in total. The third kappa shape index (κ3) is 6.80. The minimum Gasteiger partial charge on any atom is -0.461 e. The van der Waals surface area contributed by atoms with Crippen LogP contribution in [0.3, 0.4) is 0 Å². The molecule has 14 heteroatoms. The summed E-state index contributed by atoms with van der Waals surface area (Å²) in [5.41, 5.74) is -3.32. The van der Waals surface area contributed by atoms with E-state index in [1.165, 1.54) is 18.2 Å². The van der Waals surface area contributed by atoms with Crippen LogP contribution in [-0.4, -0.2) is 65.7 Å². The Morgan fingerprint density at radius 1 is 0.932 bits per heavy atom. The molecule has 2 saturated carbocycles. The van der Waals surface area contributed by atoms with E-state index < -0.39 is 75.8 Å². The van der Waals surface area contributed by atoms with Crippen molar-refractivity contribution in [3.63, 3.8) is 0 Å². The Morgan fingerprint density at radius 3 is 2.41 bits per heavy atom. The number of benzene rings is 1. The lowest BCUT2D eigenvalue weighted by Crippen LogP contribution is -2.67. The molecule has 3 N–H and O–H groups in total. The number of ketones is 3. The van der Waals surface area contributed by atoms with Crippen LogP contribution < -0.4 is 16.3 Å². The molecule has 2 heterocycles. The number of rotatable bonds is 12. The Hall–Kier alpha value is -5.11. The van der Waals surface area contributed by atoms with Crippen LogP contribution in [0.15, 0.2) is 49.6 Å². The van der Waals surface area contributed by atoms with Crippen LogP contribution in [-0.2, 0) is 30.4 Å². The fourth-order valence-electron chi connectivity index (χ4n) is 10.8. The molecule has 4 aliphatic carbocycles. The number of ether oxygens (including phenoxy) is 2. The van der Waals surface area contributed by atoms with Crippen LogP contribution >= 0.6 is 0 Å². The summed E-state index contributed by atoms with van der Waals surface area (Å²) in [4.78, 5) is 76.7. The zero-order chi connectivity index (χ0) is 42.7. The van der Waals surface area contributed by atoms with Gasteiger partial charge in [0.25, 0.3) is 0 Å². The van der Waals surface area contributed by atoms with Gasteiger partial charge in [0.1, 0.15) is 22.5 Å². The van der Waals surface area contributed by atoms with Crippen molar-refractivity contribution in [1.29, 1.82) is 0 Å². The van der Waals surface area contributed by atoms with E-state index in [4.69, 9.17) is 18.3 Å². The van der Waals surface area contributed by atoms with Gasteiger partial charge in [-0.2, -0.15) is 0 Å². The first-order valence-electron chi connectivity index (χ1n) is 20.5. The molecule has 7 rings (SSSR count). The number of fused-ring (bicyclic) bond motifs is 7. The molecule has 7 atom stereocenters. The minimum atomic E-state index is -2.28. The van der Waals surface area contributed by atoms with Crippen molar-refractivity contribution in [3.8, 4) is 0 Å². The van der Waals surface area contributed by atoms with Gasteiger partial charge in [0.05, 0.1) is 13.2 Å². The molecule has 2 fully saturated rings. The van der Waals surface area contributed by atoms with E-state index in [2.05, 4.69) is 10.6 Å². The number of allylic oxidation sites excluding steroid dienone is 4. The van der Waals surface area contributed by atoms with E-state index >= 15 is 4.39 Å². The number of nitrogens with one attached hydrogen (secondary N) is 2. The molecule has 0 radical (unpaired) electrons. The van der Waals surface area contributed by atoms with Crippen LogP contribution in [0.1, 0.15) is 94.6 Å². The average Bonchev–Trinajstić information content (AvgIpc) is 3.61. The maximum atomic E-state index is 17.3. The van der Waals surface area contributed by atoms with Crippen molar-refractivity contribution in [2.45, 2.75) is 111 Å². The van der Waals surface area contributed by atoms with Crippen LogP contribution in [0.4, 0.5) is 14.0 Å². The van der Waals surface area contributed by atoms with Crippen molar-refractivity contribution in [1.82, 2.24) is 10.6 Å². The highest BCUT2D eigenvalue weighted by molar-refractivity contribution is 6.01. The zero-order valence-corrected chi connectivity index (χ0v) is 34.5. The highest BCUT2D eigenvalue weighted by Gasteiger charge is 2.75. The maximum Gasteiger partial charge on any atom is 0.407 e. The fourth-order valence-corrected chi connectivity index (χ4v) is 10.8. The van der Waals surface area contributed by atoms with Gasteiger partial charge in [-0.05, 0) is 89.3 Å². The van der Waals surface area contributed by atoms with E-state index in [0.717, 1.165) is 34.7 Å². The second-order valence-electron chi connectivity index (χ2n) is 17.5. The summed E-state index contributed by atoms with van der Waals surface area (Å²) in [5.74, 6) is -2.83. The van der Waals surface area contributed by atoms with Gasteiger partial charge >= 0.3 is 17.8 Å². The molecule has 4 unspecified atom stereocenters. The molecular weight excluding hydrogens is 763 g/mol. The van der Waals surface area contributed by atoms with E-state index in [-0.39, 0.29) is 44.7 Å². The van der Waals surface area contributed by atoms with Gasteiger partial charge in [-0.15, -0.1) is 0 Å². The van der Waals surface area contributed by atoms with Crippen LogP contribution in [0.2, 0.25) is 0 Å². The highest BCUT2D eigenvalue weighted by atomic mass is 19.1. The van der Waals surface area contributed by atoms with Crippen molar-refractivity contribution >= 4 is 51.5 Å². The van der Waals surface area contributed by atoms with Crippen LogP contribution in [0.25, 0.3) is 21.9 Å². The Kier molecular flexibility index (Phi) is 11.0. The first-order chi connectivity index (χ1) is 27.9. The Morgan fingerprint density at radius 2 is 1.64 bits per heavy atom. The summed E-state index contributed by atoms with van der Waals surface area (Å²) in [5, 5.41) is 19.1. The molecule has 59 heavy (non-hydrogen) atoms. The second-order valence-corrected chi connectivity index (χ2v) is 17.5. The third-order valence-electron chi connectivity index (χ3n) is 14.1. The normalized spacial score (nSPS) is 29.8. The smallest absolute Gasteiger partial charge is 0.407 e. The van der Waals surface area contributed by atoms with E-state index in [9.17, 15) is 33.9 Å². The van der Waals surface area contributed by atoms with E-state index in [0.29, 0.717) is 47.3 Å². The number of furan rings is 1. The Labute approximate surface area is 341 Å². The Bertz CT molecular complexity index is 2380. The van der Waals surface area contributed by atoms with Gasteiger partial charge in [-0.25, -0.2) is 18.8 Å². The lowest BCUT2D eigenvalue weighted by Gasteiger charge is -2.58. The number of carbonyl (C=O) groups excluding carboxylic acids is 5. The molecule has 0 aliphatic heterocycles. The highest BCUT2D eigenvalue weighted by Crippen LogP contribution is 2.69. The number of unbranched alkanes of at least 4 members (excludes halogenated alkanes) is 3. The molecule has 2 amide bonds. The van der Waals surface area contributed by atoms with Crippen LogP contribution in [0, 0.1) is 49.4 Å². The van der Waals surface area contributed by atoms with Gasteiger partial charge in [0.15, 0.2) is 23.8 Å². The third-order valence-corrected chi connectivity index (χ3v) is 14.1. The second kappa shape index (κ2) is 15.5. The number of aliphatic hydroxyl groups is 1. The predicted octanol–water partition coefficient (Wildman–Crippen LogP) is 7.10. The molecule has 0 bridgehead atoms. The molecule has 4 aliphatic rings. The van der Waals surface area contributed by atoms with Gasteiger partial charge < -0.3 is 34.0 Å². The van der Waals surface area contributed by atoms with E-state index in [1.54, 1.807) is 20.8 Å². The fraction of sp³-hybridized carbons (Fsp3) is 0.556. The lowest BCUT2D eigenvalue weighted by molar-refractivity contribution is -0.185. The summed E-state index contributed by atoms with van der Waals surface area (Å²) in [7, 11) is 0. The molecular formula is C45H53FN2O11. The lowest BCUT2D eigenvalue weighted by atomic mass is 9.45. The summed E-state index contributed by atoms with van der Waals surface area (Å²) >= 11 is 0. The summed E-state index contributed by atoms with van der Waals surface area (Å²) < 4.78 is 39.3. The van der Waals surface area contributed by atoms with Crippen LogP contribution in [0.5, 0.6) is 0 Å². The number of hydrogen-bond donors (Lipinski definition) is 3. The zero-order valence-electron chi connectivity index (χ0n) is 34.5. The number of halogens is 1. The standard InChI is InChI=1S/C45H53FN2O11/c1-24-17-37(52)59-38-26(3)39-31(20-30(24)38)32(27(4)58-39)22-48-41(54)56-16-10-8-7-9-15-47-40(53)57-23-36(51)45(55)25(2)18-34-33-12-11-28-19-29(49)13-14-42(28,5)44(33,46)35(50)21-43(34,45)6/h11,13-14,17,20,25,33-34,55H,7-10,12,15-16,18-19,21-23H2,1-6H3,(H,47,53)(H,48,54)/t25-,33?,34?,42?,43?,44+,45+/m1/s1. The molecule has 0 saturated heterocycles. The molecule has 2 aromatic heterocycles. The van der Waals surface area contributed by atoms with Crippen molar-refractivity contribution in [3.05, 3.63) is 68.8 Å². The quantitative estimate of drug-likeness (QED) is 0.0960. The first-order valence-corrected chi connectivity index (χ1v) is 20.5. The summed E-state index contributed by atoms with van der Waals surface area (Å²) in [6.45, 7) is 10.5. The van der Waals surface area contributed by atoms with Crippen molar-refractivity contribution < 1.29 is 51.8 Å². The topological polar surface area (TPSA) is 191 Å². The van der Waals surface area contributed by atoms with Gasteiger partial charge in [-0.1, -0.05) is 38.0 Å². The summed E-state index contributed by atoms with van der Waals surface area (Å²) in [6, 6.07) is 3.34. The first kappa shape index (κ1) is 42.0. The monoisotopic (exact) mass is 816 g/mol. The number of hydrogen-bond acceptors (Lipinski definition) is 11. The number of alkyl halides is 1. The number of Topliss-reactive ketones (excluding diaryl/α,β-unsaturated/α-hetero) is 2. The molecule has 1 aromatic carbocycles. The van der Waals surface area contributed by atoms with E-state index in [1.807, 2.05) is 32.9 Å². The maximum absolute atomic E-state index is 17.3. The summed E-state index contributed by atoms with van der Waals surface area (Å²) in [6.07, 6.45) is 6.23. The van der Waals surface area contributed by atoms with Gasteiger partial charge in [0, 0.05) is 64.1 Å². The average molecular weight is 817 g/mol. The number of amides is 2. The molecule has 316 valence electrons. The molecule has 3 aromatic rings. The minimum absolute atomic E-state index is 0.0608. The van der Waals surface area contributed by atoms with Gasteiger partial charge in [0.2, 0.25) is 5.78 Å². The SMILES string of the molecule is Cc1oc2c(C)c3oc(=O)cc(C)c3cc2c1CNC(=O)OCCCCCCNC(=O)OCC(=O)[C@@]1(O)[C@H](C)CC2C3CC=C4CC(=O)C=CC4(C)[C@@]3(F)C(=O)CC21C. The largest absolute Gasteiger partial charge is 0.461 e. The molecule has 0 spiro atoms. The number of alkyl carbamates (subject to hydrolysis) is 2.